The largest absolute Gasteiger partial charge is 0.473 e. The Morgan fingerprint density at radius 1 is 1.14 bits per heavy atom. The molecular formula is C26H26ClFN2O5S. The Kier molecular flexibility index (Phi) is 8.25. The number of ether oxygens (including phenoxy) is 1. The lowest BCUT2D eigenvalue weighted by Gasteiger charge is -2.22. The maximum Gasteiger partial charge on any atom is 0.294 e. The summed E-state index contributed by atoms with van der Waals surface area (Å²) in [4.78, 5) is 4.57. The van der Waals surface area contributed by atoms with Crippen molar-refractivity contribution in [2.24, 2.45) is 0 Å². The second-order valence-electron chi connectivity index (χ2n) is 8.50. The van der Waals surface area contributed by atoms with E-state index in [1.165, 1.54) is 18.2 Å². The monoisotopic (exact) mass is 532 g/mol. The summed E-state index contributed by atoms with van der Waals surface area (Å²) in [6, 6.07) is 16.0. The molecule has 0 atom stereocenters. The molecule has 36 heavy (non-hydrogen) atoms. The Bertz CT molecular complexity index is 1430. The van der Waals surface area contributed by atoms with Gasteiger partial charge >= 0.3 is 0 Å². The van der Waals surface area contributed by atoms with Crippen LogP contribution in [0.1, 0.15) is 35.6 Å². The van der Waals surface area contributed by atoms with Crippen LogP contribution < -0.4 is 10.1 Å². The molecule has 1 aliphatic heterocycles. The van der Waals surface area contributed by atoms with Crippen molar-refractivity contribution in [3.05, 3.63) is 88.5 Å². The van der Waals surface area contributed by atoms with Gasteiger partial charge in [-0.3, -0.25) is 4.55 Å². The Morgan fingerprint density at radius 2 is 1.86 bits per heavy atom. The van der Waals surface area contributed by atoms with Gasteiger partial charge in [-0.05, 0) is 57.1 Å². The minimum atomic E-state index is -4.02. The van der Waals surface area contributed by atoms with Gasteiger partial charge in [-0.15, -0.1) is 0 Å². The van der Waals surface area contributed by atoms with Crippen molar-refractivity contribution in [2.45, 2.75) is 37.2 Å². The molecular weight excluding hydrogens is 507 g/mol. The third kappa shape index (κ3) is 6.61. The lowest BCUT2D eigenvalue weighted by atomic mass is 9.94. The summed E-state index contributed by atoms with van der Waals surface area (Å²) in [6.07, 6.45) is 2.17. The van der Waals surface area contributed by atoms with Gasteiger partial charge in [0.05, 0.1) is 9.92 Å². The van der Waals surface area contributed by atoms with Gasteiger partial charge in [0.1, 0.15) is 12.2 Å². The Morgan fingerprint density at radius 3 is 2.56 bits per heavy atom. The summed E-state index contributed by atoms with van der Waals surface area (Å²) in [5.41, 5.74) is 3.17. The van der Waals surface area contributed by atoms with Crippen LogP contribution in [0.3, 0.4) is 0 Å². The van der Waals surface area contributed by atoms with Crippen molar-refractivity contribution in [3.63, 3.8) is 0 Å². The zero-order valence-electron chi connectivity index (χ0n) is 19.6. The van der Waals surface area contributed by atoms with E-state index in [1.807, 2.05) is 25.1 Å². The smallest absolute Gasteiger partial charge is 0.294 e. The highest BCUT2D eigenvalue weighted by molar-refractivity contribution is 7.85. The summed E-state index contributed by atoms with van der Waals surface area (Å²) in [5, 5.41) is 4.37. The maximum absolute atomic E-state index is 13.4. The van der Waals surface area contributed by atoms with E-state index in [-0.39, 0.29) is 11.5 Å². The van der Waals surface area contributed by atoms with Gasteiger partial charge in [0.2, 0.25) is 5.88 Å². The number of hydrogen-bond acceptors (Lipinski definition) is 6. The molecule has 2 N–H and O–H groups in total. The normalized spacial score (nSPS) is 14.3. The Hall–Kier alpha value is -2.98. The van der Waals surface area contributed by atoms with E-state index < -0.39 is 16.1 Å². The van der Waals surface area contributed by atoms with Gasteiger partial charge in [0.15, 0.2) is 0 Å². The van der Waals surface area contributed by atoms with E-state index in [2.05, 4.69) is 10.3 Å². The lowest BCUT2D eigenvalue weighted by molar-refractivity contribution is 0.289. The van der Waals surface area contributed by atoms with E-state index in [0.29, 0.717) is 27.8 Å². The molecule has 190 valence electrons. The molecule has 5 rings (SSSR count). The van der Waals surface area contributed by atoms with E-state index in [9.17, 15) is 12.8 Å². The molecule has 0 amide bonds. The predicted octanol–water partition coefficient (Wildman–Crippen LogP) is 5.91. The molecule has 0 aliphatic carbocycles. The van der Waals surface area contributed by atoms with E-state index >= 15 is 0 Å². The molecule has 0 bridgehead atoms. The molecule has 0 unspecified atom stereocenters. The fraction of sp³-hybridized carbons (Fsp3) is 0.269. The molecule has 3 heterocycles. The van der Waals surface area contributed by atoms with E-state index in [1.54, 1.807) is 24.3 Å². The first kappa shape index (κ1) is 26.1. The standard InChI is InChI=1S/C19H18ClFN2O2.C7H8O3S/c20-15-5-4-13(19-14(15)10-17(21)25-19)11-24-18-3-1-2-16(23-18)12-6-8-22-9-7-12;1-6-2-4-7(5-3-6)11(8,9)10/h1-5,10,12,22H,6-9,11H2;2-5H,1H3,(H,8,9,10). The number of pyridine rings is 1. The molecule has 0 saturated carbocycles. The molecule has 0 radical (unpaired) electrons. The summed E-state index contributed by atoms with van der Waals surface area (Å²) >= 11 is 6.08. The van der Waals surface area contributed by atoms with Gasteiger partial charge in [-0.25, -0.2) is 4.98 Å². The quantitative estimate of drug-likeness (QED) is 0.308. The number of aromatic nitrogens is 1. The lowest BCUT2D eigenvalue weighted by Crippen LogP contribution is -2.27. The highest BCUT2D eigenvalue weighted by atomic mass is 35.5. The predicted molar refractivity (Wildman–Crippen MR) is 136 cm³/mol. The van der Waals surface area contributed by atoms with Crippen LogP contribution in [-0.2, 0) is 16.7 Å². The number of furan rings is 1. The first-order valence-electron chi connectivity index (χ1n) is 11.4. The number of fused-ring (bicyclic) bond motifs is 1. The molecule has 1 aliphatic rings. The zero-order chi connectivity index (χ0) is 25.7. The molecule has 1 fully saturated rings. The highest BCUT2D eigenvalue weighted by Crippen LogP contribution is 2.30. The summed E-state index contributed by atoms with van der Waals surface area (Å²) in [7, 11) is -4.02. The average molecular weight is 533 g/mol. The third-order valence-corrected chi connectivity index (χ3v) is 7.08. The summed E-state index contributed by atoms with van der Waals surface area (Å²) < 4.78 is 53.9. The topological polar surface area (TPSA) is 102 Å². The molecule has 4 aromatic rings. The summed E-state index contributed by atoms with van der Waals surface area (Å²) in [6.45, 7) is 4.12. The highest BCUT2D eigenvalue weighted by Gasteiger charge is 2.17. The van der Waals surface area contributed by atoms with Crippen LogP contribution in [-0.4, -0.2) is 31.0 Å². The maximum atomic E-state index is 13.4. The number of nitrogens with zero attached hydrogens (tertiary/aromatic N) is 1. The van der Waals surface area contributed by atoms with Crippen molar-refractivity contribution >= 4 is 32.7 Å². The minimum absolute atomic E-state index is 0.0666. The number of halogens is 2. The second kappa shape index (κ2) is 11.4. The van der Waals surface area contributed by atoms with Crippen LogP contribution in [0.15, 0.2) is 70.0 Å². The van der Waals surface area contributed by atoms with Crippen molar-refractivity contribution in [1.29, 1.82) is 0 Å². The van der Waals surface area contributed by atoms with E-state index in [0.717, 1.165) is 42.8 Å². The number of hydrogen-bond donors (Lipinski definition) is 2. The van der Waals surface area contributed by atoms with Gasteiger partial charge in [0, 0.05) is 34.7 Å². The Labute approximate surface area is 214 Å². The van der Waals surface area contributed by atoms with Gasteiger partial charge in [0.25, 0.3) is 16.1 Å². The van der Waals surface area contributed by atoms with Crippen molar-refractivity contribution < 1.29 is 26.5 Å². The van der Waals surface area contributed by atoms with Crippen LogP contribution in [0, 0.1) is 12.9 Å². The van der Waals surface area contributed by atoms with Gasteiger partial charge in [-0.1, -0.05) is 41.4 Å². The first-order chi connectivity index (χ1) is 17.2. The van der Waals surface area contributed by atoms with Crippen LogP contribution in [0.2, 0.25) is 5.02 Å². The zero-order valence-corrected chi connectivity index (χ0v) is 21.2. The third-order valence-electron chi connectivity index (χ3n) is 5.88. The Balaban J connectivity index is 0.000000233. The average Bonchev–Trinajstić information content (AvgIpc) is 3.27. The van der Waals surface area contributed by atoms with Gasteiger partial charge < -0.3 is 14.5 Å². The second-order valence-corrected chi connectivity index (χ2v) is 10.3. The van der Waals surface area contributed by atoms with Crippen LogP contribution in [0.4, 0.5) is 4.39 Å². The minimum Gasteiger partial charge on any atom is -0.473 e. The van der Waals surface area contributed by atoms with Crippen molar-refractivity contribution in [2.75, 3.05) is 13.1 Å². The number of aryl methyl sites for hydroxylation is 1. The van der Waals surface area contributed by atoms with Crippen molar-refractivity contribution in [1.82, 2.24) is 10.3 Å². The van der Waals surface area contributed by atoms with Crippen LogP contribution in [0.5, 0.6) is 5.88 Å². The van der Waals surface area contributed by atoms with Gasteiger partial charge in [-0.2, -0.15) is 12.8 Å². The molecule has 1 saturated heterocycles. The fourth-order valence-corrected chi connectivity index (χ4v) is 4.63. The number of benzene rings is 2. The van der Waals surface area contributed by atoms with E-state index in [4.69, 9.17) is 25.3 Å². The number of nitrogens with one attached hydrogen (secondary N) is 1. The summed E-state index contributed by atoms with van der Waals surface area (Å²) in [5.74, 6) is 1.03. The SMILES string of the molecule is Cc1ccc(S(=O)(=O)O)cc1.Fc1cc2c(Cl)ccc(COc3cccc(C4CCNCC4)n3)c2o1. The fourth-order valence-electron chi connectivity index (χ4n) is 3.95. The molecule has 7 nitrogen and oxygen atoms in total. The van der Waals surface area contributed by atoms with Crippen molar-refractivity contribution in [3.8, 4) is 5.88 Å². The molecule has 2 aromatic heterocycles. The first-order valence-corrected chi connectivity index (χ1v) is 13.2. The number of piperidine rings is 1. The molecule has 0 spiro atoms. The molecule has 2 aromatic carbocycles. The molecule has 10 heteroatoms. The van der Waals surface area contributed by atoms with Crippen LogP contribution >= 0.6 is 11.6 Å². The van der Waals surface area contributed by atoms with Crippen LogP contribution in [0.25, 0.3) is 11.0 Å². The number of rotatable bonds is 5.